The molecule has 0 saturated carbocycles. The molecule has 0 atom stereocenters. The lowest BCUT2D eigenvalue weighted by atomic mass is 10.0. The minimum Gasteiger partial charge on any atom is -0.490 e. The van der Waals surface area contributed by atoms with Crippen LogP contribution in [-0.2, 0) is 20.7 Å². The SMILES string of the molecule is CCOC(=O)/C(C#N)=C/c1ccc(OC(=O)CCc2ccc(C(C)C)cc2)c(OCC)c1. The molecule has 0 N–H and O–H groups in total. The van der Waals surface area contributed by atoms with E-state index in [0.717, 1.165) is 5.56 Å². The standard InChI is InChI=1S/C26H29NO5/c1-5-30-24-16-20(15-22(17-27)26(29)31-6-2)9-13-23(24)32-25(28)14-10-19-7-11-21(12-8-19)18(3)4/h7-9,11-13,15-16,18H,5-6,10,14H2,1-4H3/b22-15+. The lowest BCUT2D eigenvalue weighted by Crippen LogP contribution is -2.10. The van der Waals surface area contributed by atoms with Crippen molar-refractivity contribution in [3.63, 3.8) is 0 Å². The number of nitriles is 1. The van der Waals surface area contributed by atoms with Gasteiger partial charge in [-0.25, -0.2) is 4.79 Å². The summed E-state index contributed by atoms with van der Waals surface area (Å²) in [4.78, 5) is 24.2. The van der Waals surface area contributed by atoms with Crippen molar-refractivity contribution in [2.45, 2.75) is 46.5 Å². The van der Waals surface area contributed by atoms with Crippen LogP contribution in [0.15, 0.2) is 48.0 Å². The Labute approximate surface area is 189 Å². The topological polar surface area (TPSA) is 85.6 Å². The van der Waals surface area contributed by atoms with Crippen molar-refractivity contribution in [2.75, 3.05) is 13.2 Å². The highest BCUT2D eigenvalue weighted by Gasteiger charge is 2.14. The number of ether oxygens (including phenoxy) is 3. The lowest BCUT2D eigenvalue weighted by Gasteiger charge is -2.12. The van der Waals surface area contributed by atoms with Crippen molar-refractivity contribution >= 4 is 18.0 Å². The molecule has 2 aromatic rings. The van der Waals surface area contributed by atoms with Crippen LogP contribution in [0.2, 0.25) is 0 Å². The van der Waals surface area contributed by atoms with Gasteiger partial charge in [-0.3, -0.25) is 4.79 Å². The van der Waals surface area contributed by atoms with Crippen LogP contribution in [0, 0.1) is 11.3 Å². The normalized spacial score (nSPS) is 11.1. The minimum absolute atomic E-state index is 0.123. The van der Waals surface area contributed by atoms with Gasteiger partial charge in [-0.1, -0.05) is 44.2 Å². The van der Waals surface area contributed by atoms with E-state index in [1.807, 2.05) is 25.1 Å². The fraction of sp³-hybridized carbons (Fsp3) is 0.346. The number of carbonyl (C=O) groups is 2. The third kappa shape index (κ3) is 7.28. The highest BCUT2D eigenvalue weighted by atomic mass is 16.6. The maximum Gasteiger partial charge on any atom is 0.348 e. The molecule has 2 aromatic carbocycles. The second kappa shape index (κ2) is 12.3. The molecule has 2 rings (SSSR count). The zero-order valence-electron chi connectivity index (χ0n) is 19.0. The number of hydrogen-bond acceptors (Lipinski definition) is 6. The minimum atomic E-state index is -0.690. The zero-order valence-corrected chi connectivity index (χ0v) is 19.0. The molecule has 0 fully saturated rings. The van der Waals surface area contributed by atoms with Crippen molar-refractivity contribution in [1.82, 2.24) is 0 Å². The second-order valence-corrected chi connectivity index (χ2v) is 7.40. The summed E-state index contributed by atoms with van der Waals surface area (Å²) < 4.78 is 16.0. The molecule has 32 heavy (non-hydrogen) atoms. The van der Waals surface area contributed by atoms with E-state index in [1.54, 1.807) is 25.1 Å². The van der Waals surface area contributed by atoms with E-state index < -0.39 is 5.97 Å². The van der Waals surface area contributed by atoms with Crippen LogP contribution in [0.1, 0.15) is 56.7 Å². The van der Waals surface area contributed by atoms with Crippen molar-refractivity contribution in [2.24, 2.45) is 0 Å². The Morgan fingerprint density at radius 3 is 2.34 bits per heavy atom. The molecular weight excluding hydrogens is 406 g/mol. The van der Waals surface area contributed by atoms with E-state index in [0.29, 0.717) is 36.0 Å². The summed E-state index contributed by atoms with van der Waals surface area (Å²) in [7, 11) is 0. The Hall–Kier alpha value is -3.59. The molecule has 0 radical (unpaired) electrons. The molecule has 168 valence electrons. The first-order valence-corrected chi connectivity index (χ1v) is 10.7. The van der Waals surface area contributed by atoms with Gasteiger partial charge < -0.3 is 14.2 Å². The number of carbonyl (C=O) groups excluding carboxylic acids is 2. The molecular formula is C26H29NO5. The third-order valence-electron chi connectivity index (χ3n) is 4.68. The van der Waals surface area contributed by atoms with Crippen LogP contribution in [0.25, 0.3) is 6.08 Å². The predicted molar refractivity (Wildman–Crippen MR) is 122 cm³/mol. The summed E-state index contributed by atoms with van der Waals surface area (Å²) in [5, 5.41) is 9.21. The fourth-order valence-electron chi connectivity index (χ4n) is 2.97. The number of hydrogen-bond donors (Lipinski definition) is 0. The van der Waals surface area contributed by atoms with Gasteiger partial charge in [-0.05, 0) is 61.1 Å². The Kier molecular flexibility index (Phi) is 9.49. The number of nitrogens with zero attached hydrogens (tertiary/aromatic N) is 1. The summed E-state index contributed by atoms with van der Waals surface area (Å²) >= 11 is 0. The fourth-order valence-corrected chi connectivity index (χ4v) is 2.97. The molecule has 0 amide bonds. The van der Waals surface area contributed by atoms with Crippen LogP contribution in [0.5, 0.6) is 11.5 Å². The van der Waals surface area contributed by atoms with Crippen LogP contribution < -0.4 is 9.47 Å². The van der Waals surface area contributed by atoms with Gasteiger partial charge in [0.15, 0.2) is 11.5 Å². The Balaban J connectivity index is 2.09. The Bertz CT molecular complexity index is 1000. The smallest absolute Gasteiger partial charge is 0.348 e. The number of aryl methyl sites for hydroxylation is 1. The maximum atomic E-state index is 12.4. The molecule has 0 aliphatic rings. The second-order valence-electron chi connectivity index (χ2n) is 7.40. The van der Waals surface area contributed by atoms with E-state index in [9.17, 15) is 14.9 Å². The Morgan fingerprint density at radius 2 is 1.75 bits per heavy atom. The summed E-state index contributed by atoms with van der Waals surface area (Å²) in [6.45, 7) is 8.31. The van der Waals surface area contributed by atoms with Crippen molar-refractivity contribution < 1.29 is 23.8 Å². The van der Waals surface area contributed by atoms with Crippen molar-refractivity contribution in [3.05, 3.63) is 64.7 Å². The van der Waals surface area contributed by atoms with Crippen molar-refractivity contribution in [1.29, 1.82) is 5.26 Å². The van der Waals surface area contributed by atoms with Gasteiger partial charge in [-0.2, -0.15) is 5.26 Å². The van der Waals surface area contributed by atoms with Gasteiger partial charge in [0.05, 0.1) is 13.2 Å². The van der Waals surface area contributed by atoms with Gasteiger partial charge in [-0.15, -0.1) is 0 Å². The molecule has 0 aromatic heterocycles. The van der Waals surface area contributed by atoms with Gasteiger partial charge >= 0.3 is 11.9 Å². The Morgan fingerprint density at radius 1 is 1.03 bits per heavy atom. The van der Waals surface area contributed by atoms with Gasteiger partial charge in [0, 0.05) is 6.42 Å². The van der Waals surface area contributed by atoms with Crippen LogP contribution in [0.3, 0.4) is 0 Å². The maximum absolute atomic E-state index is 12.4. The highest BCUT2D eigenvalue weighted by molar-refractivity contribution is 5.98. The first-order valence-electron chi connectivity index (χ1n) is 10.7. The molecule has 0 bridgehead atoms. The van der Waals surface area contributed by atoms with E-state index in [1.165, 1.54) is 11.6 Å². The van der Waals surface area contributed by atoms with Gasteiger partial charge in [0.1, 0.15) is 11.6 Å². The third-order valence-corrected chi connectivity index (χ3v) is 4.68. The largest absolute Gasteiger partial charge is 0.490 e. The summed E-state index contributed by atoms with van der Waals surface area (Å²) in [6.07, 6.45) is 2.22. The van der Waals surface area contributed by atoms with E-state index in [4.69, 9.17) is 14.2 Å². The van der Waals surface area contributed by atoms with Gasteiger partial charge in [0.2, 0.25) is 0 Å². The zero-order chi connectivity index (χ0) is 23.5. The summed E-state index contributed by atoms with van der Waals surface area (Å²) in [5.41, 5.74) is 2.76. The molecule has 0 saturated heterocycles. The molecule has 0 heterocycles. The number of esters is 2. The van der Waals surface area contributed by atoms with Crippen molar-refractivity contribution in [3.8, 4) is 17.6 Å². The quantitative estimate of drug-likeness (QED) is 0.220. The van der Waals surface area contributed by atoms with Crippen LogP contribution in [0.4, 0.5) is 0 Å². The van der Waals surface area contributed by atoms with Crippen LogP contribution in [-0.4, -0.2) is 25.2 Å². The number of benzene rings is 2. The molecule has 6 heteroatoms. The first kappa shape index (κ1) is 24.7. The summed E-state index contributed by atoms with van der Waals surface area (Å²) in [6, 6.07) is 14.9. The number of rotatable bonds is 10. The average Bonchev–Trinajstić information content (AvgIpc) is 2.78. The molecule has 0 aliphatic heterocycles. The highest BCUT2D eigenvalue weighted by Crippen LogP contribution is 2.30. The average molecular weight is 436 g/mol. The molecule has 0 spiro atoms. The predicted octanol–water partition coefficient (Wildman–Crippen LogP) is 5.22. The van der Waals surface area contributed by atoms with E-state index >= 15 is 0 Å². The molecule has 0 aliphatic carbocycles. The summed E-state index contributed by atoms with van der Waals surface area (Å²) in [5.74, 6) is 0.0532. The van der Waals surface area contributed by atoms with Crippen LogP contribution >= 0.6 is 0 Å². The lowest BCUT2D eigenvalue weighted by molar-refractivity contribution is -0.138. The van der Waals surface area contributed by atoms with E-state index in [-0.39, 0.29) is 24.6 Å². The first-order chi connectivity index (χ1) is 15.4. The van der Waals surface area contributed by atoms with Gasteiger partial charge in [0.25, 0.3) is 0 Å². The van der Waals surface area contributed by atoms with E-state index in [2.05, 4.69) is 26.0 Å². The molecule has 0 unspecified atom stereocenters. The molecule has 6 nitrogen and oxygen atoms in total. The monoisotopic (exact) mass is 435 g/mol.